The number of nitrogens with zero attached hydrogens (tertiary/aromatic N) is 4. The van der Waals surface area contributed by atoms with Crippen molar-refractivity contribution >= 4 is 34.6 Å². The van der Waals surface area contributed by atoms with Crippen LogP contribution in [0, 0.1) is 5.92 Å². The summed E-state index contributed by atoms with van der Waals surface area (Å²) in [6.45, 7) is 14.9. The van der Waals surface area contributed by atoms with Crippen LogP contribution in [0.25, 0.3) is 11.0 Å². The van der Waals surface area contributed by atoms with Crippen LogP contribution in [0.15, 0.2) is 0 Å². The van der Waals surface area contributed by atoms with Crippen molar-refractivity contribution in [2.45, 2.75) is 234 Å². The maximum Gasteiger partial charge on any atom is 0.225 e. The van der Waals surface area contributed by atoms with Crippen molar-refractivity contribution in [1.29, 1.82) is 0 Å². The van der Waals surface area contributed by atoms with Crippen LogP contribution >= 0.6 is 0 Å². The molecular formula is C47H90N8. The molecule has 0 aromatic carbocycles. The second-order valence-corrected chi connectivity index (χ2v) is 16.7. The zero-order valence-electron chi connectivity index (χ0n) is 37.1. The van der Waals surface area contributed by atoms with Crippen molar-refractivity contribution in [3.8, 4) is 0 Å². The van der Waals surface area contributed by atoms with E-state index >= 15 is 0 Å². The van der Waals surface area contributed by atoms with Crippen LogP contribution in [0.5, 0.6) is 0 Å². The highest BCUT2D eigenvalue weighted by atomic mass is 15.2. The normalized spacial score (nSPS) is 12.0. The summed E-state index contributed by atoms with van der Waals surface area (Å²) in [6.07, 6.45) is 41.1. The van der Waals surface area contributed by atoms with Crippen LogP contribution in [-0.4, -0.2) is 46.1 Å². The van der Waals surface area contributed by atoms with Crippen LogP contribution in [-0.2, 0) is 0 Å². The zero-order chi connectivity index (χ0) is 39.4. The Labute approximate surface area is 340 Å². The first-order valence-corrected chi connectivity index (χ1v) is 24.2. The topological polar surface area (TPSA) is 99.7 Å². The molecule has 1 unspecified atom stereocenters. The molecule has 0 radical (unpaired) electrons. The summed E-state index contributed by atoms with van der Waals surface area (Å²) in [5, 5.41) is 14.5. The molecule has 2 rings (SSSR count). The van der Waals surface area contributed by atoms with E-state index in [1.165, 1.54) is 173 Å². The van der Waals surface area contributed by atoms with E-state index in [0.717, 1.165) is 74.5 Å². The minimum Gasteiger partial charge on any atom is -0.368 e. The summed E-state index contributed by atoms with van der Waals surface area (Å²) in [5.74, 6) is 3.52. The first-order valence-electron chi connectivity index (χ1n) is 24.2. The van der Waals surface area contributed by atoms with Crippen LogP contribution in [0.2, 0.25) is 0 Å². The molecule has 0 bridgehead atoms. The standard InChI is InChI=1S/C47H90N8/c1-6-10-13-16-19-22-25-28-31-34-37-48-44-42-43(53-46(54-44)49-38-35-32-29-26-23-20-17-14-11-7-2)45(51-40-41(5)9-4)55-47(52-42)50-39-36-33-30-27-24-21-18-15-12-8-3/h41H,6-40H2,1-5H3,(H2,48,49,53,54)(H2,50,51,52,55). The Morgan fingerprint density at radius 3 is 0.964 bits per heavy atom. The van der Waals surface area contributed by atoms with Crippen molar-refractivity contribution in [2.24, 2.45) is 5.92 Å². The average Bonchev–Trinajstić information content (AvgIpc) is 3.20. The van der Waals surface area contributed by atoms with Crippen molar-refractivity contribution in [2.75, 3.05) is 47.4 Å². The van der Waals surface area contributed by atoms with Gasteiger partial charge in [0.25, 0.3) is 0 Å². The predicted molar refractivity (Wildman–Crippen MR) is 244 cm³/mol. The van der Waals surface area contributed by atoms with Crippen molar-refractivity contribution in [1.82, 2.24) is 19.9 Å². The summed E-state index contributed by atoms with van der Waals surface area (Å²) in [7, 11) is 0. The summed E-state index contributed by atoms with van der Waals surface area (Å²) >= 11 is 0. The molecule has 2 heterocycles. The number of nitrogens with one attached hydrogen (secondary N) is 4. The van der Waals surface area contributed by atoms with Crippen LogP contribution in [0.4, 0.5) is 23.5 Å². The van der Waals surface area contributed by atoms with E-state index in [0.29, 0.717) is 17.8 Å². The largest absolute Gasteiger partial charge is 0.368 e. The molecule has 0 aliphatic carbocycles. The zero-order valence-corrected chi connectivity index (χ0v) is 37.1. The first-order chi connectivity index (χ1) is 27.1. The van der Waals surface area contributed by atoms with Crippen molar-refractivity contribution < 1.29 is 0 Å². The third-order valence-electron chi connectivity index (χ3n) is 11.3. The maximum absolute atomic E-state index is 5.06. The van der Waals surface area contributed by atoms with Gasteiger partial charge in [0.05, 0.1) is 0 Å². The monoisotopic (exact) mass is 767 g/mol. The number of hydrogen-bond donors (Lipinski definition) is 4. The van der Waals surface area contributed by atoms with Crippen LogP contribution in [0.3, 0.4) is 0 Å². The van der Waals surface area contributed by atoms with Crippen molar-refractivity contribution in [3.05, 3.63) is 0 Å². The molecule has 2 aromatic rings. The summed E-state index contributed by atoms with van der Waals surface area (Å²) in [4.78, 5) is 20.2. The van der Waals surface area contributed by atoms with Gasteiger partial charge in [0.2, 0.25) is 11.9 Å². The fourth-order valence-electron chi connectivity index (χ4n) is 7.28. The van der Waals surface area contributed by atoms with Gasteiger partial charge in [-0.15, -0.1) is 0 Å². The molecule has 55 heavy (non-hydrogen) atoms. The number of rotatable bonds is 40. The molecule has 2 aromatic heterocycles. The third-order valence-corrected chi connectivity index (χ3v) is 11.3. The van der Waals surface area contributed by atoms with Gasteiger partial charge in [-0.2, -0.15) is 9.97 Å². The molecule has 4 N–H and O–H groups in total. The summed E-state index contributed by atoms with van der Waals surface area (Å²) in [6, 6.07) is 0. The minimum absolute atomic E-state index is 0.540. The average molecular weight is 767 g/mol. The van der Waals surface area contributed by atoms with Gasteiger partial charge < -0.3 is 21.3 Å². The molecule has 0 fully saturated rings. The quantitative estimate of drug-likeness (QED) is 0.0498. The third kappa shape index (κ3) is 24.8. The Morgan fingerprint density at radius 1 is 0.345 bits per heavy atom. The summed E-state index contributed by atoms with van der Waals surface area (Å²) < 4.78 is 0. The van der Waals surface area contributed by atoms with Crippen LogP contribution in [0.1, 0.15) is 234 Å². The van der Waals surface area contributed by atoms with E-state index < -0.39 is 0 Å². The van der Waals surface area contributed by atoms with E-state index in [1.54, 1.807) is 0 Å². The molecular weight excluding hydrogens is 677 g/mol. The minimum atomic E-state index is 0.540. The second kappa shape index (κ2) is 34.8. The molecule has 0 saturated heterocycles. The van der Waals surface area contributed by atoms with Gasteiger partial charge in [-0.3, -0.25) is 0 Å². The Balaban J connectivity index is 2.04. The Bertz CT molecular complexity index is 1160. The fraction of sp³-hybridized carbons (Fsp3) is 0.872. The van der Waals surface area contributed by atoms with Crippen molar-refractivity contribution in [3.63, 3.8) is 0 Å². The van der Waals surface area contributed by atoms with Crippen LogP contribution < -0.4 is 21.3 Å². The lowest BCUT2D eigenvalue weighted by Gasteiger charge is -2.17. The Morgan fingerprint density at radius 2 is 0.636 bits per heavy atom. The molecule has 0 saturated carbocycles. The SMILES string of the molecule is CCCCCCCCCCCCNc1nc(NCC(C)CC)c2nc(NCCCCCCCCCCCC)nc(NCCCCCCCCCCCC)c2n1. The van der Waals surface area contributed by atoms with Gasteiger partial charge in [0.1, 0.15) is 11.0 Å². The smallest absolute Gasteiger partial charge is 0.225 e. The lowest BCUT2D eigenvalue weighted by atomic mass is 10.1. The predicted octanol–water partition coefficient (Wildman–Crippen LogP) is 14.9. The lowest BCUT2D eigenvalue weighted by Crippen LogP contribution is -2.16. The van der Waals surface area contributed by atoms with E-state index in [-0.39, 0.29) is 0 Å². The highest BCUT2D eigenvalue weighted by Crippen LogP contribution is 2.28. The van der Waals surface area contributed by atoms with E-state index in [1.807, 2.05) is 0 Å². The number of hydrogen-bond acceptors (Lipinski definition) is 8. The molecule has 0 amide bonds. The van der Waals surface area contributed by atoms with Gasteiger partial charge in [-0.25, -0.2) is 9.97 Å². The van der Waals surface area contributed by atoms with E-state index in [4.69, 9.17) is 19.9 Å². The highest BCUT2D eigenvalue weighted by molar-refractivity contribution is 5.94. The number of unbranched alkanes of at least 4 members (excludes halogenated alkanes) is 27. The summed E-state index contributed by atoms with van der Waals surface area (Å²) in [5.41, 5.74) is 1.61. The van der Waals surface area contributed by atoms with Gasteiger partial charge in [0.15, 0.2) is 11.6 Å². The molecule has 0 aliphatic rings. The number of aromatic nitrogens is 4. The highest BCUT2D eigenvalue weighted by Gasteiger charge is 2.17. The molecule has 0 spiro atoms. The Kier molecular flexibility index (Phi) is 30.9. The number of anilines is 4. The number of fused-ring (bicyclic) bond motifs is 1. The fourth-order valence-corrected chi connectivity index (χ4v) is 7.28. The molecule has 1 atom stereocenters. The van der Waals surface area contributed by atoms with E-state index in [2.05, 4.69) is 55.9 Å². The molecule has 0 aliphatic heterocycles. The van der Waals surface area contributed by atoms with Gasteiger partial charge in [0, 0.05) is 26.2 Å². The molecule has 8 heteroatoms. The molecule has 8 nitrogen and oxygen atoms in total. The van der Waals surface area contributed by atoms with Gasteiger partial charge in [-0.05, 0) is 25.2 Å². The second-order valence-electron chi connectivity index (χ2n) is 16.7. The van der Waals surface area contributed by atoms with E-state index in [9.17, 15) is 0 Å². The molecule has 318 valence electrons. The lowest BCUT2D eigenvalue weighted by molar-refractivity contribution is 0.559. The maximum atomic E-state index is 5.06. The van der Waals surface area contributed by atoms with Gasteiger partial charge in [-0.1, -0.05) is 214 Å². The van der Waals surface area contributed by atoms with Gasteiger partial charge >= 0.3 is 0 Å². The Hall–Kier alpha value is -2.38. The first kappa shape index (κ1) is 48.8.